The standard InChI is InChI=1S/C21H25FN6O3/c1-14-5-10-17(31-14)20-24-26-28(25-20)13-19(30)27(12-18(29)23-21(2,3)4)11-15-6-8-16(22)9-7-15/h5-10H,11-13H2,1-4H3,(H,23,29). The highest BCUT2D eigenvalue weighted by Gasteiger charge is 2.22. The average molecular weight is 428 g/mol. The van der Waals surface area contributed by atoms with Gasteiger partial charge in [-0.05, 0) is 62.7 Å². The Morgan fingerprint density at radius 3 is 2.48 bits per heavy atom. The maximum atomic E-state index is 13.2. The maximum absolute atomic E-state index is 13.2. The van der Waals surface area contributed by atoms with Crippen LogP contribution in [-0.4, -0.2) is 49.0 Å². The van der Waals surface area contributed by atoms with Crippen molar-refractivity contribution >= 4 is 11.8 Å². The summed E-state index contributed by atoms with van der Waals surface area (Å²) in [4.78, 5) is 27.9. The van der Waals surface area contributed by atoms with Crippen molar-refractivity contribution in [1.29, 1.82) is 0 Å². The number of amides is 2. The van der Waals surface area contributed by atoms with Crippen molar-refractivity contribution in [2.75, 3.05) is 6.54 Å². The van der Waals surface area contributed by atoms with E-state index < -0.39 is 5.54 Å². The zero-order valence-corrected chi connectivity index (χ0v) is 17.9. The van der Waals surface area contributed by atoms with Gasteiger partial charge in [-0.3, -0.25) is 9.59 Å². The normalized spacial score (nSPS) is 11.4. The minimum atomic E-state index is -0.439. The van der Waals surface area contributed by atoms with E-state index in [1.165, 1.54) is 17.0 Å². The molecule has 0 spiro atoms. The lowest BCUT2D eigenvalue weighted by atomic mass is 10.1. The monoisotopic (exact) mass is 428 g/mol. The van der Waals surface area contributed by atoms with E-state index in [1.807, 2.05) is 20.8 Å². The van der Waals surface area contributed by atoms with Crippen LogP contribution in [0.3, 0.4) is 0 Å². The minimum Gasteiger partial charge on any atom is -0.458 e. The Bertz CT molecular complexity index is 1050. The number of hydrogen-bond acceptors (Lipinski definition) is 6. The molecule has 0 aliphatic rings. The zero-order valence-electron chi connectivity index (χ0n) is 17.9. The molecule has 0 radical (unpaired) electrons. The van der Waals surface area contributed by atoms with Gasteiger partial charge in [0, 0.05) is 12.1 Å². The smallest absolute Gasteiger partial charge is 0.247 e. The fraction of sp³-hybridized carbons (Fsp3) is 0.381. The number of tetrazole rings is 1. The first-order valence-electron chi connectivity index (χ1n) is 9.77. The van der Waals surface area contributed by atoms with Gasteiger partial charge in [0.15, 0.2) is 5.76 Å². The van der Waals surface area contributed by atoms with Crippen LogP contribution in [0.15, 0.2) is 40.8 Å². The molecule has 0 aliphatic carbocycles. The largest absolute Gasteiger partial charge is 0.458 e. The Kier molecular flexibility index (Phi) is 6.47. The number of halogens is 1. The van der Waals surface area contributed by atoms with Crippen molar-refractivity contribution in [2.45, 2.75) is 46.3 Å². The lowest BCUT2D eigenvalue weighted by molar-refractivity contribution is -0.138. The van der Waals surface area contributed by atoms with Crippen molar-refractivity contribution in [3.63, 3.8) is 0 Å². The van der Waals surface area contributed by atoms with Crippen LogP contribution in [0, 0.1) is 12.7 Å². The number of furan rings is 1. The lowest BCUT2D eigenvalue weighted by Crippen LogP contribution is -2.47. The van der Waals surface area contributed by atoms with E-state index >= 15 is 0 Å². The first-order valence-corrected chi connectivity index (χ1v) is 9.77. The van der Waals surface area contributed by atoms with Crippen molar-refractivity contribution in [1.82, 2.24) is 30.4 Å². The molecule has 3 aromatic rings. The summed E-state index contributed by atoms with van der Waals surface area (Å²) in [5, 5.41) is 14.8. The molecule has 2 heterocycles. The van der Waals surface area contributed by atoms with Gasteiger partial charge in [0.1, 0.15) is 18.1 Å². The molecule has 0 saturated heterocycles. The van der Waals surface area contributed by atoms with Crippen LogP contribution in [0.1, 0.15) is 32.1 Å². The highest BCUT2D eigenvalue weighted by atomic mass is 19.1. The number of benzene rings is 1. The van der Waals surface area contributed by atoms with Gasteiger partial charge in [0.25, 0.3) is 0 Å². The molecule has 0 atom stereocenters. The second kappa shape index (κ2) is 9.07. The third-order valence-electron chi connectivity index (χ3n) is 4.18. The number of aromatic nitrogens is 4. The predicted molar refractivity (Wildman–Crippen MR) is 110 cm³/mol. The molecule has 2 amide bonds. The molecule has 2 aromatic heterocycles. The van der Waals surface area contributed by atoms with Crippen LogP contribution in [0.25, 0.3) is 11.6 Å². The van der Waals surface area contributed by atoms with Crippen molar-refractivity contribution in [2.24, 2.45) is 0 Å². The Labute approximate surface area is 179 Å². The molecular weight excluding hydrogens is 403 g/mol. The highest BCUT2D eigenvalue weighted by molar-refractivity contribution is 5.85. The summed E-state index contributed by atoms with van der Waals surface area (Å²) in [6.07, 6.45) is 0. The molecule has 0 saturated carbocycles. The molecule has 3 rings (SSSR count). The Hall–Kier alpha value is -3.56. The fourth-order valence-corrected chi connectivity index (χ4v) is 2.86. The van der Waals surface area contributed by atoms with E-state index in [-0.39, 0.29) is 43.1 Å². The summed E-state index contributed by atoms with van der Waals surface area (Å²) in [7, 11) is 0. The van der Waals surface area contributed by atoms with Crippen LogP contribution in [0.4, 0.5) is 4.39 Å². The SMILES string of the molecule is Cc1ccc(-c2nnn(CC(=O)N(CC(=O)NC(C)(C)C)Cc3ccc(F)cc3)n2)o1. The first kappa shape index (κ1) is 22.1. The van der Waals surface area contributed by atoms with E-state index in [2.05, 4.69) is 20.7 Å². The number of rotatable bonds is 7. The van der Waals surface area contributed by atoms with E-state index in [4.69, 9.17) is 4.42 Å². The zero-order chi connectivity index (χ0) is 22.6. The molecule has 10 heteroatoms. The summed E-state index contributed by atoms with van der Waals surface area (Å²) >= 11 is 0. The Balaban J connectivity index is 1.73. The van der Waals surface area contributed by atoms with Crippen LogP contribution >= 0.6 is 0 Å². The molecule has 0 bridgehead atoms. The Morgan fingerprint density at radius 1 is 1.16 bits per heavy atom. The van der Waals surface area contributed by atoms with E-state index in [0.29, 0.717) is 17.1 Å². The second-order valence-corrected chi connectivity index (χ2v) is 8.23. The van der Waals surface area contributed by atoms with Crippen molar-refractivity contribution in [3.8, 4) is 11.6 Å². The number of carbonyl (C=O) groups excluding carboxylic acids is 2. The van der Waals surface area contributed by atoms with Crippen LogP contribution in [0.5, 0.6) is 0 Å². The van der Waals surface area contributed by atoms with Gasteiger partial charge in [0.05, 0.1) is 6.54 Å². The third kappa shape index (κ3) is 6.46. The van der Waals surface area contributed by atoms with E-state index in [0.717, 1.165) is 4.80 Å². The number of nitrogens with one attached hydrogen (secondary N) is 1. The number of aryl methyl sites for hydroxylation is 1. The molecule has 1 N–H and O–H groups in total. The van der Waals surface area contributed by atoms with Crippen LogP contribution in [-0.2, 0) is 22.7 Å². The van der Waals surface area contributed by atoms with Crippen LogP contribution in [0.2, 0.25) is 0 Å². The van der Waals surface area contributed by atoms with Gasteiger partial charge in [-0.1, -0.05) is 12.1 Å². The summed E-state index contributed by atoms with van der Waals surface area (Å²) in [5.41, 5.74) is 0.252. The molecule has 31 heavy (non-hydrogen) atoms. The molecule has 9 nitrogen and oxygen atoms in total. The topological polar surface area (TPSA) is 106 Å². The van der Waals surface area contributed by atoms with Gasteiger partial charge >= 0.3 is 0 Å². The van der Waals surface area contributed by atoms with Gasteiger partial charge in [-0.2, -0.15) is 4.80 Å². The number of carbonyl (C=O) groups is 2. The summed E-state index contributed by atoms with van der Waals surface area (Å²) in [5.74, 6) is 0.354. The molecule has 0 aliphatic heterocycles. The minimum absolute atomic E-state index is 0.135. The van der Waals surface area contributed by atoms with Gasteiger partial charge in [-0.15, -0.1) is 10.2 Å². The van der Waals surface area contributed by atoms with Gasteiger partial charge in [0.2, 0.25) is 17.6 Å². The number of hydrogen-bond donors (Lipinski definition) is 1. The second-order valence-electron chi connectivity index (χ2n) is 8.23. The van der Waals surface area contributed by atoms with E-state index in [1.54, 1.807) is 31.2 Å². The average Bonchev–Trinajstić information content (AvgIpc) is 3.30. The molecule has 1 aromatic carbocycles. The van der Waals surface area contributed by atoms with Gasteiger partial charge < -0.3 is 14.6 Å². The predicted octanol–water partition coefficient (Wildman–Crippen LogP) is 2.32. The van der Waals surface area contributed by atoms with Gasteiger partial charge in [-0.25, -0.2) is 4.39 Å². The third-order valence-corrected chi connectivity index (χ3v) is 4.18. The summed E-state index contributed by atoms with van der Waals surface area (Å²) in [6, 6.07) is 9.26. The summed E-state index contributed by atoms with van der Waals surface area (Å²) in [6.45, 7) is 7.13. The van der Waals surface area contributed by atoms with E-state index in [9.17, 15) is 14.0 Å². The molecule has 0 unspecified atom stereocenters. The Morgan fingerprint density at radius 2 is 1.87 bits per heavy atom. The fourth-order valence-electron chi connectivity index (χ4n) is 2.86. The van der Waals surface area contributed by atoms with Crippen LogP contribution < -0.4 is 5.32 Å². The van der Waals surface area contributed by atoms with Crippen molar-refractivity contribution in [3.05, 3.63) is 53.5 Å². The lowest BCUT2D eigenvalue weighted by Gasteiger charge is -2.26. The molecule has 0 fully saturated rings. The maximum Gasteiger partial charge on any atom is 0.247 e. The van der Waals surface area contributed by atoms with Crippen molar-refractivity contribution < 1.29 is 18.4 Å². The number of nitrogens with zero attached hydrogens (tertiary/aromatic N) is 5. The highest BCUT2D eigenvalue weighted by Crippen LogP contribution is 2.16. The molecular formula is C21H25FN6O3. The summed E-state index contributed by atoms with van der Waals surface area (Å²) < 4.78 is 18.7. The first-order chi connectivity index (χ1) is 14.6. The molecule has 164 valence electrons. The quantitative estimate of drug-likeness (QED) is 0.619.